The number of carbonyl (C=O) groups excluding carboxylic acids is 3. The number of rotatable bonds is 47. The van der Waals surface area contributed by atoms with Crippen molar-refractivity contribution in [2.75, 3.05) is 13.2 Å². The Morgan fingerprint density at radius 3 is 1.15 bits per heavy atom. The average Bonchev–Trinajstić information content (AvgIpc) is 3.26. The molecule has 0 N–H and O–H groups in total. The van der Waals surface area contributed by atoms with Crippen molar-refractivity contribution < 1.29 is 28.6 Å². The van der Waals surface area contributed by atoms with E-state index in [1.54, 1.807) is 0 Å². The number of carbonyl (C=O) groups is 3. The van der Waals surface area contributed by atoms with Crippen molar-refractivity contribution in [3.05, 3.63) is 48.6 Å². The predicted molar refractivity (Wildman–Crippen MR) is 261 cm³/mol. The molecule has 0 aliphatic heterocycles. The molecule has 0 aromatic carbocycles. The number of allylic oxidation sites excluding steroid dienone is 8. The van der Waals surface area contributed by atoms with E-state index in [1.807, 2.05) is 0 Å². The number of hydrogen-bond donors (Lipinski definition) is 0. The zero-order chi connectivity index (χ0) is 44.4. The Balaban J connectivity index is 4.29. The molecule has 0 fully saturated rings. The van der Waals surface area contributed by atoms with Gasteiger partial charge in [-0.05, 0) is 70.6 Å². The van der Waals surface area contributed by atoms with Crippen LogP contribution in [0.1, 0.15) is 265 Å². The fraction of sp³-hybridized carbons (Fsp3) is 0.800. The highest BCUT2D eigenvalue weighted by molar-refractivity contribution is 5.71. The highest BCUT2D eigenvalue weighted by atomic mass is 16.6. The molecule has 61 heavy (non-hydrogen) atoms. The van der Waals surface area contributed by atoms with Crippen LogP contribution in [0.4, 0.5) is 0 Å². The van der Waals surface area contributed by atoms with Gasteiger partial charge in [-0.3, -0.25) is 14.4 Å². The first-order valence-electron chi connectivity index (χ1n) is 26.2. The summed E-state index contributed by atoms with van der Waals surface area (Å²) in [6.45, 7) is 6.46. The number of hydrogen-bond acceptors (Lipinski definition) is 6. The van der Waals surface area contributed by atoms with Crippen LogP contribution in [-0.2, 0) is 28.6 Å². The summed E-state index contributed by atoms with van der Waals surface area (Å²) in [7, 11) is 0. The van der Waals surface area contributed by atoms with Crippen LogP contribution in [0, 0.1) is 0 Å². The smallest absolute Gasteiger partial charge is 0.306 e. The van der Waals surface area contributed by atoms with Crippen LogP contribution in [0.2, 0.25) is 0 Å². The second kappa shape index (κ2) is 50.0. The summed E-state index contributed by atoms with van der Waals surface area (Å²) in [6.07, 6.45) is 59.7. The normalized spacial score (nSPS) is 12.4. The second-order valence-corrected chi connectivity index (χ2v) is 17.4. The van der Waals surface area contributed by atoms with Gasteiger partial charge in [0.15, 0.2) is 6.10 Å². The number of esters is 3. The minimum Gasteiger partial charge on any atom is -0.462 e. The quantitative estimate of drug-likeness (QED) is 0.0199. The van der Waals surface area contributed by atoms with E-state index in [2.05, 4.69) is 69.4 Å². The lowest BCUT2D eigenvalue weighted by atomic mass is 10.0. The van der Waals surface area contributed by atoms with Gasteiger partial charge < -0.3 is 14.2 Å². The van der Waals surface area contributed by atoms with Gasteiger partial charge in [0.25, 0.3) is 0 Å². The molecule has 0 saturated carbocycles. The zero-order valence-corrected chi connectivity index (χ0v) is 40.4. The maximum atomic E-state index is 12.8. The van der Waals surface area contributed by atoms with Gasteiger partial charge in [-0.25, -0.2) is 0 Å². The number of ether oxygens (including phenoxy) is 3. The predicted octanol–water partition coefficient (Wildman–Crippen LogP) is 17.1. The highest BCUT2D eigenvalue weighted by Gasteiger charge is 2.19. The van der Waals surface area contributed by atoms with E-state index in [0.29, 0.717) is 19.3 Å². The molecule has 0 radical (unpaired) electrons. The first-order chi connectivity index (χ1) is 30.0. The molecule has 0 aromatic rings. The van der Waals surface area contributed by atoms with Crippen molar-refractivity contribution in [3.8, 4) is 0 Å². The van der Waals surface area contributed by atoms with Gasteiger partial charge in [0.05, 0.1) is 0 Å². The van der Waals surface area contributed by atoms with Gasteiger partial charge in [-0.15, -0.1) is 0 Å². The summed E-state index contributed by atoms with van der Waals surface area (Å²) >= 11 is 0. The van der Waals surface area contributed by atoms with E-state index in [0.717, 1.165) is 83.5 Å². The molecule has 0 aliphatic carbocycles. The topological polar surface area (TPSA) is 78.9 Å². The lowest BCUT2D eigenvalue weighted by Gasteiger charge is -2.18. The standard InChI is InChI=1S/C55H98O6/c1-4-7-10-13-16-19-21-23-25-26-27-28-30-31-33-36-39-42-45-48-54(57)60-51-52(50-59-53(56)47-44-41-38-35-18-15-12-9-6-3)61-55(58)49-46-43-40-37-34-32-29-24-22-20-17-14-11-8-5-2/h9,12,17-18,20,22,24,35,52H,4-8,10-11,13-16,19,21,23,25-34,36-51H2,1-3H3/b12-9-,20-17-,24-22-,35-18-. The van der Waals surface area contributed by atoms with Gasteiger partial charge in [-0.2, -0.15) is 0 Å². The molecule has 0 heterocycles. The van der Waals surface area contributed by atoms with Crippen molar-refractivity contribution in [3.63, 3.8) is 0 Å². The molecule has 0 saturated heterocycles. The van der Waals surface area contributed by atoms with E-state index < -0.39 is 6.10 Å². The largest absolute Gasteiger partial charge is 0.462 e. The van der Waals surface area contributed by atoms with Crippen LogP contribution in [0.15, 0.2) is 48.6 Å². The van der Waals surface area contributed by atoms with Crippen molar-refractivity contribution in [2.45, 2.75) is 271 Å². The third-order valence-corrected chi connectivity index (χ3v) is 11.3. The Bertz CT molecular complexity index is 1070. The maximum Gasteiger partial charge on any atom is 0.306 e. The summed E-state index contributed by atoms with van der Waals surface area (Å²) in [5.74, 6) is -0.929. The Morgan fingerprint density at radius 2 is 0.689 bits per heavy atom. The summed E-state index contributed by atoms with van der Waals surface area (Å²) in [5, 5.41) is 0. The molecule has 0 amide bonds. The monoisotopic (exact) mass is 855 g/mol. The Labute approximate surface area is 378 Å². The molecule has 354 valence electrons. The van der Waals surface area contributed by atoms with Crippen molar-refractivity contribution in [1.82, 2.24) is 0 Å². The lowest BCUT2D eigenvalue weighted by molar-refractivity contribution is -0.167. The molecular weight excluding hydrogens is 757 g/mol. The second-order valence-electron chi connectivity index (χ2n) is 17.4. The molecule has 1 unspecified atom stereocenters. The van der Waals surface area contributed by atoms with Gasteiger partial charge in [0, 0.05) is 19.3 Å². The van der Waals surface area contributed by atoms with Gasteiger partial charge >= 0.3 is 17.9 Å². The summed E-state index contributed by atoms with van der Waals surface area (Å²) in [4.78, 5) is 37.9. The van der Waals surface area contributed by atoms with Crippen molar-refractivity contribution >= 4 is 17.9 Å². The fourth-order valence-electron chi connectivity index (χ4n) is 7.41. The Hall–Kier alpha value is -2.63. The average molecular weight is 855 g/mol. The van der Waals surface area contributed by atoms with Crippen LogP contribution in [-0.4, -0.2) is 37.2 Å². The van der Waals surface area contributed by atoms with E-state index in [-0.39, 0.29) is 31.1 Å². The van der Waals surface area contributed by atoms with Crippen LogP contribution in [0.25, 0.3) is 0 Å². The minimum absolute atomic E-state index is 0.0860. The first-order valence-corrected chi connectivity index (χ1v) is 26.2. The zero-order valence-electron chi connectivity index (χ0n) is 40.4. The van der Waals surface area contributed by atoms with Gasteiger partial charge in [-0.1, -0.05) is 223 Å². The van der Waals surface area contributed by atoms with Crippen LogP contribution < -0.4 is 0 Å². The van der Waals surface area contributed by atoms with Gasteiger partial charge in [0.2, 0.25) is 0 Å². The van der Waals surface area contributed by atoms with E-state index in [9.17, 15) is 14.4 Å². The minimum atomic E-state index is -0.788. The molecule has 1 atom stereocenters. The molecule has 0 bridgehead atoms. The number of unbranched alkanes of at least 4 members (excludes halogenated alkanes) is 29. The summed E-state index contributed by atoms with van der Waals surface area (Å²) < 4.78 is 16.7. The van der Waals surface area contributed by atoms with Crippen LogP contribution in [0.5, 0.6) is 0 Å². The van der Waals surface area contributed by atoms with E-state index in [4.69, 9.17) is 14.2 Å². The van der Waals surface area contributed by atoms with Crippen molar-refractivity contribution in [2.24, 2.45) is 0 Å². The molecular formula is C55H98O6. The molecule has 0 rings (SSSR count). The fourth-order valence-corrected chi connectivity index (χ4v) is 7.41. The third kappa shape index (κ3) is 48.3. The summed E-state index contributed by atoms with van der Waals surface area (Å²) in [6, 6.07) is 0. The molecule has 6 heteroatoms. The molecule has 0 aliphatic rings. The van der Waals surface area contributed by atoms with Gasteiger partial charge in [0.1, 0.15) is 13.2 Å². The molecule has 0 spiro atoms. The highest BCUT2D eigenvalue weighted by Crippen LogP contribution is 2.16. The lowest BCUT2D eigenvalue weighted by Crippen LogP contribution is -2.30. The third-order valence-electron chi connectivity index (χ3n) is 11.3. The van der Waals surface area contributed by atoms with Crippen molar-refractivity contribution in [1.29, 1.82) is 0 Å². The summed E-state index contributed by atoms with van der Waals surface area (Å²) in [5.41, 5.74) is 0. The SMILES string of the molecule is CC/C=C\C/C=C\CCCCC(=O)OCC(COC(=O)CCCCCCCCCCCCCCCCCCCCC)OC(=O)CCCCCCCC/C=C\C=C/CCCCC. The Kier molecular flexibility index (Phi) is 47.9. The van der Waals surface area contributed by atoms with Crippen LogP contribution in [0.3, 0.4) is 0 Å². The van der Waals surface area contributed by atoms with E-state index >= 15 is 0 Å². The molecule has 0 aromatic heterocycles. The molecule has 6 nitrogen and oxygen atoms in total. The maximum absolute atomic E-state index is 12.8. The van der Waals surface area contributed by atoms with Crippen LogP contribution >= 0.6 is 0 Å². The first kappa shape index (κ1) is 58.4. The Morgan fingerprint density at radius 1 is 0.361 bits per heavy atom. The van der Waals surface area contributed by atoms with E-state index in [1.165, 1.54) is 141 Å².